The Kier molecular flexibility index (Phi) is 7.45. The van der Waals surface area contributed by atoms with Gasteiger partial charge in [0.1, 0.15) is 10.7 Å². The molecule has 4 rings (SSSR count). The fraction of sp³-hybridized carbons (Fsp3) is 0.429. The summed E-state index contributed by atoms with van der Waals surface area (Å²) in [5.74, 6) is 1.15. The van der Waals surface area contributed by atoms with Crippen molar-refractivity contribution in [1.82, 2.24) is 10.2 Å². The van der Waals surface area contributed by atoms with E-state index in [0.29, 0.717) is 55.4 Å². The number of hydrogen-bond donors (Lipinski definition) is 1. The number of amidine groups is 1. The number of carbonyl (C=O) groups is 1. The Hall–Kier alpha value is -2.93. The minimum Gasteiger partial charge on any atom is -0.356 e. The van der Waals surface area contributed by atoms with Crippen LogP contribution in [0.25, 0.3) is 4.91 Å². The second-order valence-corrected chi connectivity index (χ2v) is 11.5. The molecule has 6 nitrogen and oxygen atoms in total. The lowest BCUT2D eigenvalue weighted by Crippen LogP contribution is -2.43. The smallest absolute Gasteiger partial charge is 0.285 e. The van der Waals surface area contributed by atoms with Crippen molar-refractivity contribution in [2.45, 2.75) is 52.4 Å². The van der Waals surface area contributed by atoms with Crippen LogP contribution in [0.4, 0.5) is 0 Å². The third-order valence-electron chi connectivity index (χ3n) is 7.10. The summed E-state index contributed by atoms with van der Waals surface area (Å²) in [6.07, 6.45) is 1.35. The Morgan fingerprint density at radius 1 is 1.00 bits per heavy atom. The Morgan fingerprint density at radius 3 is 2.23 bits per heavy atom. The van der Waals surface area contributed by atoms with Crippen LogP contribution in [0.15, 0.2) is 64.6 Å². The molecule has 0 bridgehead atoms. The lowest BCUT2D eigenvalue weighted by Gasteiger charge is -2.33. The molecule has 1 fully saturated rings. The van der Waals surface area contributed by atoms with Crippen LogP contribution < -0.4 is 5.32 Å². The maximum atomic E-state index is 12.9. The number of nitrogens with one attached hydrogen (secondary N) is 1. The summed E-state index contributed by atoms with van der Waals surface area (Å²) in [7, 11) is -3.75. The van der Waals surface area contributed by atoms with Gasteiger partial charge < -0.3 is 10.2 Å². The predicted octanol–water partition coefficient (Wildman–Crippen LogP) is 4.91. The van der Waals surface area contributed by atoms with E-state index >= 15 is 0 Å². The summed E-state index contributed by atoms with van der Waals surface area (Å²) in [6, 6.07) is 17.9. The van der Waals surface area contributed by atoms with E-state index in [1.807, 2.05) is 54.3 Å². The van der Waals surface area contributed by atoms with Crippen molar-refractivity contribution in [3.63, 3.8) is 0 Å². The van der Waals surface area contributed by atoms with Crippen molar-refractivity contribution in [1.29, 1.82) is 0 Å². The normalized spacial score (nSPS) is 19.1. The van der Waals surface area contributed by atoms with Crippen LogP contribution in [0.1, 0.15) is 69.1 Å². The molecule has 0 saturated carbocycles. The zero-order chi connectivity index (χ0) is 25.2. The molecule has 0 aromatic heterocycles. The molecular weight excluding hydrogens is 458 g/mol. The first-order valence-electron chi connectivity index (χ1n) is 12.4. The number of piperidine rings is 1. The van der Waals surface area contributed by atoms with Gasteiger partial charge in [0, 0.05) is 31.1 Å². The van der Waals surface area contributed by atoms with Crippen molar-refractivity contribution in [3.8, 4) is 0 Å². The van der Waals surface area contributed by atoms with E-state index in [1.165, 1.54) is 11.1 Å². The molecule has 7 heteroatoms. The summed E-state index contributed by atoms with van der Waals surface area (Å²) in [6.45, 7) is 9.99. The highest BCUT2D eigenvalue weighted by Crippen LogP contribution is 2.35. The van der Waals surface area contributed by atoms with E-state index in [2.05, 4.69) is 42.6 Å². The minimum absolute atomic E-state index is 0.0693. The molecule has 186 valence electrons. The summed E-state index contributed by atoms with van der Waals surface area (Å²) in [5.41, 5.74) is 3.73. The molecule has 0 aliphatic carbocycles. The topological polar surface area (TPSA) is 78.8 Å². The van der Waals surface area contributed by atoms with Crippen LogP contribution in [0.5, 0.6) is 0 Å². The molecule has 1 atom stereocenters. The fourth-order valence-corrected chi connectivity index (χ4v) is 6.34. The van der Waals surface area contributed by atoms with Crippen molar-refractivity contribution in [2.24, 2.45) is 10.3 Å². The number of sulfonamides is 1. The molecule has 2 aromatic carbocycles. The highest BCUT2D eigenvalue weighted by atomic mass is 32.2. The van der Waals surface area contributed by atoms with E-state index in [0.717, 1.165) is 0 Å². The third kappa shape index (κ3) is 5.50. The second kappa shape index (κ2) is 10.4. The van der Waals surface area contributed by atoms with Gasteiger partial charge in [-0.15, -0.1) is 4.40 Å². The van der Waals surface area contributed by atoms with Gasteiger partial charge in [-0.3, -0.25) is 4.79 Å². The van der Waals surface area contributed by atoms with Crippen molar-refractivity contribution in [2.75, 3.05) is 19.6 Å². The lowest BCUT2D eigenvalue weighted by molar-refractivity contribution is -0.126. The number of likely N-dealkylation sites (tertiary alicyclic amines) is 1. The first-order valence-corrected chi connectivity index (χ1v) is 13.9. The molecule has 1 unspecified atom stereocenters. The SMILES string of the molecule is CC1=C(c2ccc(C(C)C)cc2)S(=O)(=O)N=C1N1CCC(C(=O)NCC(C)c2ccccc2)CC1. The van der Waals surface area contributed by atoms with Gasteiger partial charge in [-0.25, -0.2) is 0 Å². The maximum absolute atomic E-state index is 12.9. The molecule has 2 aliphatic heterocycles. The average Bonchev–Trinajstić information content (AvgIpc) is 3.11. The Morgan fingerprint density at radius 2 is 1.63 bits per heavy atom. The molecule has 0 spiro atoms. The van der Waals surface area contributed by atoms with Gasteiger partial charge in [-0.05, 0) is 48.3 Å². The van der Waals surface area contributed by atoms with Crippen LogP contribution in [0, 0.1) is 5.92 Å². The molecule has 1 saturated heterocycles. The summed E-state index contributed by atoms with van der Waals surface area (Å²) in [5, 5.41) is 3.10. The standard InChI is InChI=1S/C28H35N3O3S/c1-19(2)22-10-12-24(13-11-22)26-21(4)27(30-35(26,33)34)31-16-14-25(15-17-31)28(32)29-18-20(3)23-8-6-5-7-9-23/h5-13,19-20,25H,14-18H2,1-4H3,(H,29,32). The van der Waals surface area contributed by atoms with Gasteiger partial charge in [0.15, 0.2) is 0 Å². The van der Waals surface area contributed by atoms with Crippen molar-refractivity contribution in [3.05, 3.63) is 76.9 Å². The Bertz CT molecular complexity index is 1220. The average molecular weight is 494 g/mol. The molecule has 1 amide bonds. The number of benzene rings is 2. The van der Waals surface area contributed by atoms with E-state index in [1.54, 1.807) is 0 Å². The third-order valence-corrected chi connectivity index (χ3v) is 8.57. The Balaban J connectivity index is 1.38. The molecule has 0 radical (unpaired) electrons. The number of hydrogen-bond acceptors (Lipinski definition) is 4. The van der Waals surface area contributed by atoms with Gasteiger partial charge in [0.2, 0.25) is 5.91 Å². The summed E-state index contributed by atoms with van der Waals surface area (Å²) in [4.78, 5) is 15.1. The van der Waals surface area contributed by atoms with E-state index < -0.39 is 10.0 Å². The molecule has 35 heavy (non-hydrogen) atoms. The summed E-state index contributed by atoms with van der Waals surface area (Å²) < 4.78 is 30.0. The zero-order valence-corrected chi connectivity index (χ0v) is 21.8. The van der Waals surface area contributed by atoms with Gasteiger partial charge in [0.25, 0.3) is 10.0 Å². The number of amides is 1. The number of carbonyl (C=O) groups excluding carboxylic acids is 1. The van der Waals surface area contributed by atoms with Gasteiger partial charge in [-0.2, -0.15) is 8.42 Å². The van der Waals surface area contributed by atoms with Crippen LogP contribution in [-0.2, 0) is 14.8 Å². The molecule has 2 aromatic rings. The quantitative estimate of drug-likeness (QED) is 0.620. The lowest BCUT2D eigenvalue weighted by atomic mass is 9.94. The fourth-order valence-electron chi connectivity index (χ4n) is 4.85. The monoisotopic (exact) mass is 493 g/mol. The van der Waals surface area contributed by atoms with E-state index in [9.17, 15) is 13.2 Å². The minimum atomic E-state index is -3.75. The van der Waals surface area contributed by atoms with Gasteiger partial charge in [0.05, 0.1) is 0 Å². The predicted molar refractivity (Wildman–Crippen MR) is 142 cm³/mol. The van der Waals surface area contributed by atoms with Crippen LogP contribution in [0.2, 0.25) is 0 Å². The zero-order valence-electron chi connectivity index (χ0n) is 21.0. The highest BCUT2D eigenvalue weighted by Gasteiger charge is 2.35. The van der Waals surface area contributed by atoms with Crippen LogP contribution in [0.3, 0.4) is 0 Å². The molecular formula is C28H35N3O3S. The maximum Gasteiger partial charge on any atom is 0.285 e. The van der Waals surface area contributed by atoms with E-state index in [-0.39, 0.29) is 22.6 Å². The van der Waals surface area contributed by atoms with Crippen molar-refractivity contribution >= 4 is 26.7 Å². The first kappa shape index (κ1) is 25.2. The number of rotatable bonds is 6. The first-order chi connectivity index (χ1) is 16.7. The van der Waals surface area contributed by atoms with E-state index in [4.69, 9.17) is 0 Å². The number of nitrogens with zero attached hydrogens (tertiary/aromatic N) is 2. The van der Waals surface area contributed by atoms with Crippen LogP contribution >= 0.6 is 0 Å². The summed E-state index contributed by atoms with van der Waals surface area (Å²) >= 11 is 0. The Labute approximate surface area is 209 Å². The largest absolute Gasteiger partial charge is 0.356 e. The van der Waals surface area contributed by atoms with Gasteiger partial charge >= 0.3 is 0 Å². The molecule has 2 heterocycles. The highest BCUT2D eigenvalue weighted by molar-refractivity contribution is 8.00. The second-order valence-electron chi connectivity index (χ2n) is 9.94. The van der Waals surface area contributed by atoms with Crippen LogP contribution in [-0.4, -0.2) is 44.7 Å². The van der Waals surface area contributed by atoms with Gasteiger partial charge in [-0.1, -0.05) is 75.4 Å². The van der Waals surface area contributed by atoms with Crippen molar-refractivity contribution < 1.29 is 13.2 Å². The molecule has 2 aliphatic rings. The molecule has 1 N–H and O–H groups in total.